The van der Waals surface area contributed by atoms with Crippen molar-refractivity contribution in [1.29, 1.82) is 0 Å². The number of halogens is 1. The molecular weight excluding hydrogens is 340 g/mol. The number of hydrogen-bond acceptors (Lipinski definition) is 4. The molecule has 0 aliphatic heterocycles. The van der Waals surface area contributed by atoms with Crippen LogP contribution in [-0.2, 0) is 6.54 Å². The van der Waals surface area contributed by atoms with E-state index in [1.807, 2.05) is 30.5 Å². The van der Waals surface area contributed by atoms with Gasteiger partial charge in [0.25, 0.3) is 5.69 Å². The number of nitro benzene ring substituents is 1. The highest BCUT2D eigenvalue weighted by atomic mass is 79.9. The zero-order chi connectivity index (χ0) is 14.5. The van der Waals surface area contributed by atoms with Crippen molar-refractivity contribution in [3.63, 3.8) is 0 Å². The van der Waals surface area contributed by atoms with Crippen LogP contribution in [0.25, 0.3) is 0 Å². The quantitative estimate of drug-likeness (QED) is 0.481. The molecule has 0 aromatic heterocycles. The van der Waals surface area contributed by atoms with Crippen LogP contribution < -0.4 is 5.32 Å². The summed E-state index contributed by atoms with van der Waals surface area (Å²) in [5.74, 6) is 0. The Morgan fingerprint density at radius 2 is 1.95 bits per heavy atom. The number of nitrogens with zero attached hydrogens (tertiary/aromatic N) is 1. The van der Waals surface area contributed by atoms with Gasteiger partial charge in [-0.1, -0.05) is 15.9 Å². The molecule has 0 saturated carbocycles. The zero-order valence-corrected chi connectivity index (χ0v) is 13.2. The third-order valence-corrected chi connectivity index (χ3v) is 4.05. The maximum absolute atomic E-state index is 11.0. The number of benzene rings is 2. The third-order valence-electron chi connectivity index (χ3n) is 2.81. The van der Waals surface area contributed by atoms with Gasteiger partial charge in [0, 0.05) is 33.2 Å². The maximum atomic E-state index is 11.0. The molecule has 0 fully saturated rings. The van der Waals surface area contributed by atoms with Crippen molar-refractivity contribution in [2.45, 2.75) is 11.4 Å². The highest BCUT2D eigenvalue weighted by Gasteiger charge is 2.13. The van der Waals surface area contributed by atoms with Crippen molar-refractivity contribution in [3.05, 3.63) is 62.6 Å². The Morgan fingerprint density at radius 3 is 2.55 bits per heavy atom. The van der Waals surface area contributed by atoms with E-state index in [0.29, 0.717) is 12.1 Å². The average molecular weight is 353 g/mol. The molecule has 0 amide bonds. The Bertz CT molecular complexity index is 617. The lowest BCUT2D eigenvalue weighted by Gasteiger charge is -2.08. The molecule has 0 aliphatic carbocycles. The van der Waals surface area contributed by atoms with E-state index in [4.69, 9.17) is 0 Å². The number of nitrogens with one attached hydrogen (secondary N) is 1. The summed E-state index contributed by atoms with van der Waals surface area (Å²) in [6.45, 7) is 0.411. The molecule has 0 spiro atoms. The Kier molecular flexibility index (Phi) is 5.03. The fraction of sp³-hybridized carbons (Fsp3) is 0.143. The van der Waals surface area contributed by atoms with Crippen molar-refractivity contribution in [2.75, 3.05) is 11.6 Å². The lowest BCUT2D eigenvalue weighted by atomic mass is 10.2. The minimum absolute atomic E-state index is 0.126. The molecule has 0 bridgehead atoms. The molecule has 0 heterocycles. The van der Waals surface area contributed by atoms with E-state index in [9.17, 15) is 10.1 Å². The van der Waals surface area contributed by atoms with E-state index in [0.717, 1.165) is 10.2 Å². The summed E-state index contributed by atoms with van der Waals surface area (Å²) in [6.07, 6.45) is 2.02. The molecule has 0 saturated heterocycles. The first kappa shape index (κ1) is 14.9. The Morgan fingerprint density at radius 1 is 1.25 bits per heavy atom. The Hall–Kier alpha value is -1.53. The molecule has 2 aromatic rings. The van der Waals surface area contributed by atoms with Crippen LogP contribution in [0.3, 0.4) is 0 Å². The van der Waals surface area contributed by atoms with E-state index in [1.165, 1.54) is 11.0 Å². The van der Waals surface area contributed by atoms with E-state index < -0.39 is 0 Å². The Labute approximate surface area is 129 Å². The van der Waals surface area contributed by atoms with Gasteiger partial charge in [-0.15, -0.1) is 11.8 Å². The first-order chi connectivity index (χ1) is 9.60. The van der Waals surface area contributed by atoms with E-state index in [1.54, 1.807) is 23.9 Å². The van der Waals surface area contributed by atoms with Gasteiger partial charge < -0.3 is 5.32 Å². The smallest absolute Gasteiger partial charge is 0.274 e. The summed E-state index contributed by atoms with van der Waals surface area (Å²) in [7, 11) is 0. The van der Waals surface area contributed by atoms with Crippen LogP contribution in [-0.4, -0.2) is 11.2 Å². The lowest BCUT2D eigenvalue weighted by Crippen LogP contribution is -2.03. The fourth-order valence-electron chi connectivity index (χ4n) is 1.78. The SMILES string of the molecule is CSc1ccc(NCc2cc(Br)ccc2[N+](=O)[O-])cc1. The van der Waals surface area contributed by atoms with Crippen LogP contribution in [0.2, 0.25) is 0 Å². The predicted molar refractivity (Wildman–Crippen MR) is 86.3 cm³/mol. The highest BCUT2D eigenvalue weighted by Crippen LogP contribution is 2.24. The normalized spacial score (nSPS) is 10.3. The van der Waals surface area contributed by atoms with Crippen LogP contribution in [0.1, 0.15) is 5.56 Å². The molecule has 4 nitrogen and oxygen atoms in total. The number of thioether (sulfide) groups is 1. The topological polar surface area (TPSA) is 55.2 Å². The minimum atomic E-state index is -0.361. The molecule has 0 aliphatic rings. The van der Waals surface area contributed by atoms with Gasteiger partial charge in [-0.25, -0.2) is 0 Å². The second kappa shape index (κ2) is 6.76. The van der Waals surface area contributed by atoms with E-state index in [-0.39, 0.29) is 10.6 Å². The van der Waals surface area contributed by atoms with Gasteiger partial charge in [0.05, 0.1) is 4.92 Å². The summed E-state index contributed by atoms with van der Waals surface area (Å²) in [5, 5.41) is 14.2. The lowest BCUT2D eigenvalue weighted by molar-refractivity contribution is -0.385. The second-order valence-corrected chi connectivity index (χ2v) is 5.91. The fourth-order valence-corrected chi connectivity index (χ4v) is 2.60. The molecule has 104 valence electrons. The van der Waals surface area contributed by atoms with Crippen LogP contribution in [0.5, 0.6) is 0 Å². The second-order valence-electron chi connectivity index (χ2n) is 4.11. The van der Waals surface area contributed by atoms with Gasteiger partial charge in [0.15, 0.2) is 0 Å². The number of anilines is 1. The first-order valence-electron chi connectivity index (χ1n) is 5.91. The van der Waals surface area contributed by atoms with Crippen molar-refractivity contribution in [3.8, 4) is 0 Å². The van der Waals surface area contributed by atoms with Gasteiger partial charge in [0.1, 0.15) is 0 Å². The third kappa shape index (κ3) is 3.74. The van der Waals surface area contributed by atoms with Gasteiger partial charge >= 0.3 is 0 Å². The monoisotopic (exact) mass is 352 g/mol. The van der Waals surface area contributed by atoms with Crippen LogP contribution in [0.15, 0.2) is 51.8 Å². The molecule has 1 N–H and O–H groups in total. The standard InChI is InChI=1S/C14H13BrN2O2S/c1-20-13-5-3-12(4-6-13)16-9-10-8-11(15)2-7-14(10)17(18)19/h2-8,16H,9H2,1H3. The summed E-state index contributed by atoms with van der Waals surface area (Å²) >= 11 is 5.01. The minimum Gasteiger partial charge on any atom is -0.381 e. The van der Waals surface area contributed by atoms with Gasteiger partial charge in [-0.3, -0.25) is 10.1 Å². The van der Waals surface area contributed by atoms with Gasteiger partial charge in [-0.05, 0) is 42.7 Å². The molecule has 0 radical (unpaired) electrons. The molecular formula is C14H13BrN2O2S. The predicted octanol–water partition coefficient (Wildman–Crippen LogP) is 4.69. The number of hydrogen-bond donors (Lipinski definition) is 1. The maximum Gasteiger partial charge on any atom is 0.274 e. The van der Waals surface area contributed by atoms with E-state index >= 15 is 0 Å². The van der Waals surface area contributed by atoms with Crippen LogP contribution in [0.4, 0.5) is 11.4 Å². The van der Waals surface area contributed by atoms with Crippen LogP contribution >= 0.6 is 27.7 Å². The largest absolute Gasteiger partial charge is 0.381 e. The summed E-state index contributed by atoms with van der Waals surface area (Å²) < 4.78 is 0.831. The number of rotatable bonds is 5. The summed E-state index contributed by atoms with van der Waals surface area (Å²) in [4.78, 5) is 11.8. The molecule has 6 heteroatoms. The first-order valence-corrected chi connectivity index (χ1v) is 7.92. The number of nitro groups is 1. The zero-order valence-electron chi connectivity index (χ0n) is 10.8. The average Bonchev–Trinajstić information content (AvgIpc) is 2.45. The molecule has 2 aromatic carbocycles. The van der Waals surface area contributed by atoms with Gasteiger partial charge in [0.2, 0.25) is 0 Å². The molecule has 0 unspecified atom stereocenters. The van der Waals surface area contributed by atoms with Crippen molar-refractivity contribution in [1.82, 2.24) is 0 Å². The molecule has 2 rings (SSSR count). The van der Waals surface area contributed by atoms with E-state index in [2.05, 4.69) is 21.2 Å². The summed E-state index contributed by atoms with van der Waals surface area (Å²) in [5.41, 5.74) is 1.72. The van der Waals surface area contributed by atoms with Crippen molar-refractivity contribution in [2.24, 2.45) is 0 Å². The summed E-state index contributed by atoms with van der Waals surface area (Å²) in [6, 6.07) is 12.9. The molecule has 0 atom stereocenters. The Balaban J connectivity index is 2.13. The van der Waals surface area contributed by atoms with Crippen molar-refractivity contribution < 1.29 is 4.92 Å². The molecule has 20 heavy (non-hydrogen) atoms. The van der Waals surface area contributed by atoms with Gasteiger partial charge in [-0.2, -0.15) is 0 Å². The highest BCUT2D eigenvalue weighted by molar-refractivity contribution is 9.10. The van der Waals surface area contributed by atoms with Crippen molar-refractivity contribution >= 4 is 39.1 Å². The van der Waals surface area contributed by atoms with Crippen LogP contribution in [0, 0.1) is 10.1 Å².